The maximum atomic E-state index is 11.8. The zero-order valence-corrected chi connectivity index (χ0v) is 26.4. The number of carbonyl (C=O) groups is 1. The van der Waals surface area contributed by atoms with Gasteiger partial charge in [0.25, 0.3) is 0 Å². The van der Waals surface area contributed by atoms with Gasteiger partial charge in [0.1, 0.15) is 6.61 Å². The highest BCUT2D eigenvalue weighted by Gasteiger charge is 2.05. The van der Waals surface area contributed by atoms with E-state index in [1.807, 2.05) is 12.2 Å². The second-order valence-corrected chi connectivity index (χ2v) is 11.2. The third kappa shape index (κ3) is 24.4. The van der Waals surface area contributed by atoms with Crippen molar-refractivity contribution in [3.05, 3.63) is 59.7 Å². The number of aliphatic hydroxyl groups excluding tert-OH is 1. The van der Waals surface area contributed by atoms with Crippen LogP contribution in [0.5, 0.6) is 0 Å². The highest BCUT2D eigenvalue weighted by Crippen LogP contribution is 2.11. The Morgan fingerprint density at radius 2 is 1.44 bits per heavy atom. The molecule has 1 atom stereocenters. The molecule has 1 rings (SSSR count). The Labute approximate surface area is 252 Å². The number of rotatable bonds is 28. The lowest BCUT2D eigenvalue weighted by Crippen LogP contribution is -2.15. The van der Waals surface area contributed by atoms with Crippen molar-refractivity contribution in [1.82, 2.24) is 5.32 Å². The third-order valence-electron chi connectivity index (χ3n) is 7.24. The lowest BCUT2D eigenvalue weighted by Gasteiger charge is -2.11. The molecule has 0 aliphatic carbocycles. The van der Waals surface area contributed by atoms with Gasteiger partial charge in [-0.05, 0) is 62.6 Å². The molecular weight excluding hydrogens is 510 g/mol. The Bertz CT molecular complexity index is 792. The number of ether oxygens (including phenoxy) is 2. The van der Waals surface area contributed by atoms with Crippen LogP contribution in [0.1, 0.15) is 134 Å². The van der Waals surface area contributed by atoms with Gasteiger partial charge in [-0.3, -0.25) is 4.79 Å². The van der Waals surface area contributed by atoms with E-state index in [1.165, 1.54) is 68.9 Å². The molecule has 0 saturated carbocycles. The fraction of sp³-hybridized carbons (Fsp3) is 0.694. The molecule has 41 heavy (non-hydrogen) atoms. The topological polar surface area (TPSA) is 67.8 Å². The Balaban J connectivity index is 2.00. The molecule has 1 unspecified atom stereocenters. The van der Waals surface area contributed by atoms with E-state index in [1.54, 1.807) is 0 Å². The van der Waals surface area contributed by atoms with Crippen molar-refractivity contribution in [2.24, 2.45) is 0 Å². The number of aliphatic hydroxyl groups is 1. The van der Waals surface area contributed by atoms with Crippen LogP contribution in [-0.4, -0.2) is 37.1 Å². The van der Waals surface area contributed by atoms with E-state index in [-0.39, 0.29) is 5.97 Å². The monoisotopic (exact) mass is 571 g/mol. The molecule has 234 valence electrons. The summed E-state index contributed by atoms with van der Waals surface area (Å²) in [6, 6.07) is 8.58. The minimum atomic E-state index is -0.723. The van der Waals surface area contributed by atoms with Crippen LogP contribution in [0.2, 0.25) is 0 Å². The fourth-order valence-corrected chi connectivity index (χ4v) is 4.68. The van der Waals surface area contributed by atoms with E-state index in [4.69, 9.17) is 9.47 Å². The molecule has 0 heterocycles. The molecule has 5 nitrogen and oxygen atoms in total. The minimum Gasteiger partial charge on any atom is -0.461 e. The first-order valence-corrected chi connectivity index (χ1v) is 16.7. The van der Waals surface area contributed by atoms with Gasteiger partial charge in [-0.25, -0.2) is 0 Å². The van der Waals surface area contributed by atoms with Gasteiger partial charge in [0.15, 0.2) is 6.29 Å². The summed E-state index contributed by atoms with van der Waals surface area (Å²) in [6.45, 7) is 7.18. The number of unbranched alkanes of at least 4 members (excludes halogenated alkanes) is 12. The lowest BCUT2D eigenvalue weighted by molar-refractivity contribution is -0.142. The van der Waals surface area contributed by atoms with Crippen molar-refractivity contribution in [3.8, 4) is 0 Å². The summed E-state index contributed by atoms with van der Waals surface area (Å²) >= 11 is 0. The van der Waals surface area contributed by atoms with Gasteiger partial charge in [0, 0.05) is 19.4 Å². The number of hydrogen-bond donors (Lipinski definition) is 2. The summed E-state index contributed by atoms with van der Waals surface area (Å²) in [5, 5.41) is 13.7. The summed E-state index contributed by atoms with van der Waals surface area (Å²) in [5.41, 5.74) is 2.50. The van der Waals surface area contributed by atoms with Crippen LogP contribution in [0.4, 0.5) is 0 Å². The minimum absolute atomic E-state index is 0.0767. The van der Waals surface area contributed by atoms with Crippen molar-refractivity contribution in [3.63, 3.8) is 0 Å². The summed E-state index contributed by atoms with van der Waals surface area (Å²) in [6.07, 6.45) is 27.3. The van der Waals surface area contributed by atoms with E-state index >= 15 is 0 Å². The predicted molar refractivity (Wildman–Crippen MR) is 173 cm³/mol. The van der Waals surface area contributed by atoms with Crippen LogP contribution in [0, 0.1) is 0 Å². The molecule has 1 aromatic rings. The summed E-state index contributed by atoms with van der Waals surface area (Å²) < 4.78 is 10.8. The van der Waals surface area contributed by atoms with Gasteiger partial charge >= 0.3 is 5.97 Å². The number of hydrogen-bond acceptors (Lipinski definition) is 5. The van der Waals surface area contributed by atoms with Crippen LogP contribution < -0.4 is 5.32 Å². The largest absolute Gasteiger partial charge is 0.461 e. The van der Waals surface area contributed by atoms with Crippen LogP contribution in [0.3, 0.4) is 0 Å². The van der Waals surface area contributed by atoms with Crippen molar-refractivity contribution in [1.29, 1.82) is 0 Å². The number of carbonyl (C=O) groups excluding carboxylic acids is 1. The number of allylic oxidation sites excluding steroid dienone is 2. The third-order valence-corrected chi connectivity index (χ3v) is 7.24. The van der Waals surface area contributed by atoms with Gasteiger partial charge in [-0.15, -0.1) is 0 Å². The van der Waals surface area contributed by atoms with E-state index in [2.05, 4.69) is 55.6 Å². The molecule has 0 fully saturated rings. The van der Waals surface area contributed by atoms with Gasteiger partial charge in [-0.1, -0.05) is 120 Å². The summed E-state index contributed by atoms with van der Waals surface area (Å²) in [7, 11) is 0. The average Bonchev–Trinajstić information content (AvgIpc) is 2.98. The van der Waals surface area contributed by atoms with E-state index in [9.17, 15) is 9.90 Å². The van der Waals surface area contributed by atoms with E-state index in [0.29, 0.717) is 26.1 Å². The molecule has 0 aliphatic rings. The summed E-state index contributed by atoms with van der Waals surface area (Å²) in [5.74, 6) is -0.0767. The molecule has 0 amide bonds. The van der Waals surface area contributed by atoms with Gasteiger partial charge < -0.3 is 19.9 Å². The predicted octanol–water partition coefficient (Wildman–Crippen LogP) is 8.98. The van der Waals surface area contributed by atoms with Crippen molar-refractivity contribution in [2.45, 2.75) is 142 Å². The standard InChI is InChI=1S/C36H61NO4/c1-3-5-7-9-11-16-20-29-40-35(38)25-18-14-13-15-19-28-37-32-34-24-22-23-33(31-34)26-27-36(39)41-30-21-17-12-10-8-6-4-2/h16-17,20-24,31,36-37,39H,3-15,18-19,25-30,32H2,1-2H3/b20-16-,21-17-. The molecular formula is C36H61NO4. The molecule has 0 bridgehead atoms. The number of benzene rings is 1. The molecule has 1 aromatic carbocycles. The zero-order valence-electron chi connectivity index (χ0n) is 26.4. The Morgan fingerprint density at radius 1 is 0.805 bits per heavy atom. The zero-order chi connectivity index (χ0) is 29.6. The van der Waals surface area contributed by atoms with Crippen molar-refractivity contribution < 1.29 is 19.4 Å². The van der Waals surface area contributed by atoms with E-state index < -0.39 is 6.29 Å². The number of nitrogens with one attached hydrogen (secondary N) is 1. The lowest BCUT2D eigenvalue weighted by atomic mass is 10.1. The Hall–Kier alpha value is -1.95. The highest BCUT2D eigenvalue weighted by atomic mass is 16.6. The van der Waals surface area contributed by atoms with Crippen LogP contribution in [-0.2, 0) is 27.2 Å². The smallest absolute Gasteiger partial charge is 0.306 e. The average molecular weight is 572 g/mol. The maximum Gasteiger partial charge on any atom is 0.306 e. The molecule has 0 aromatic heterocycles. The molecule has 5 heteroatoms. The quantitative estimate of drug-likeness (QED) is 0.0455. The molecule has 0 radical (unpaired) electrons. The first-order valence-electron chi connectivity index (χ1n) is 16.7. The SMILES string of the molecule is CCCCCC/C=C\COC(=O)CCCCCCCNCc1cccc(CCC(O)OC/C=C\CCCCCC)c1. The van der Waals surface area contributed by atoms with E-state index in [0.717, 1.165) is 58.0 Å². The number of aryl methyl sites for hydroxylation is 1. The summed E-state index contributed by atoms with van der Waals surface area (Å²) in [4.78, 5) is 11.8. The van der Waals surface area contributed by atoms with Crippen molar-refractivity contribution in [2.75, 3.05) is 19.8 Å². The van der Waals surface area contributed by atoms with Crippen LogP contribution in [0.15, 0.2) is 48.6 Å². The van der Waals surface area contributed by atoms with Crippen LogP contribution in [0.25, 0.3) is 0 Å². The van der Waals surface area contributed by atoms with Gasteiger partial charge in [-0.2, -0.15) is 0 Å². The Morgan fingerprint density at radius 3 is 2.17 bits per heavy atom. The first-order chi connectivity index (χ1) is 20.2. The normalized spacial score (nSPS) is 12.5. The molecule has 0 aliphatic heterocycles. The fourth-order valence-electron chi connectivity index (χ4n) is 4.68. The Kier molecular flexibility index (Phi) is 25.5. The molecule has 0 spiro atoms. The maximum absolute atomic E-state index is 11.8. The highest BCUT2D eigenvalue weighted by molar-refractivity contribution is 5.69. The van der Waals surface area contributed by atoms with Crippen molar-refractivity contribution >= 4 is 5.97 Å². The second kappa shape index (κ2) is 28.2. The van der Waals surface area contributed by atoms with Crippen LogP contribution >= 0.6 is 0 Å². The first kappa shape index (κ1) is 37.1. The van der Waals surface area contributed by atoms with Gasteiger partial charge in [0.2, 0.25) is 0 Å². The second-order valence-electron chi connectivity index (χ2n) is 11.2. The molecule has 2 N–H and O–H groups in total. The van der Waals surface area contributed by atoms with Gasteiger partial charge in [0.05, 0.1) is 6.61 Å². The molecule has 0 saturated heterocycles. The number of esters is 1.